The number of rotatable bonds is 8. The van der Waals surface area contributed by atoms with Crippen molar-refractivity contribution in [1.82, 2.24) is 0 Å². The van der Waals surface area contributed by atoms with E-state index in [2.05, 4.69) is 229 Å². The van der Waals surface area contributed by atoms with Crippen molar-refractivity contribution in [1.29, 1.82) is 0 Å². The fourth-order valence-electron chi connectivity index (χ4n) is 7.51. The Morgan fingerprint density at radius 2 is 0.623 bits per heavy atom. The molecule has 1 heteroatoms. The molecule has 0 aliphatic heterocycles. The number of hydrogen-bond donors (Lipinski definition) is 0. The molecule has 0 saturated carbocycles. The molecule has 0 unspecified atom stereocenters. The molecule has 0 atom stereocenters. The maximum atomic E-state index is 2.33. The van der Waals surface area contributed by atoms with Crippen LogP contribution in [0.2, 0.25) is 0 Å². The summed E-state index contributed by atoms with van der Waals surface area (Å²) in [6.07, 6.45) is 0. The van der Waals surface area contributed by atoms with Gasteiger partial charge in [0.25, 0.3) is 0 Å². The van der Waals surface area contributed by atoms with Gasteiger partial charge in [-0.1, -0.05) is 182 Å². The summed E-state index contributed by atoms with van der Waals surface area (Å²) in [4.78, 5) is 2.33. The molecule has 0 heterocycles. The number of benzene rings is 9. The van der Waals surface area contributed by atoms with Crippen LogP contribution in [0.25, 0.3) is 66.4 Å². The van der Waals surface area contributed by atoms with Gasteiger partial charge < -0.3 is 4.90 Å². The Morgan fingerprint density at radius 3 is 1.19 bits per heavy atom. The lowest BCUT2D eigenvalue weighted by molar-refractivity contribution is 1.28. The molecule has 9 aromatic carbocycles. The number of hydrogen-bond acceptors (Lipinski definition) is 1. The van der Waals surface area contributed by atoms with E-state index in [-0.39, 0.29) is 0 Å². The minimum Gasteiger partial charge on any atom is -0.311 e. The zero-order valence-corrected chi connectivity index (χ0v) is 29.3. The molecule has 250 valence electrons. The molecule has 1 nitrogen and oxygen atoms in total. The van der Waals surface area contributed by atoms with Gasteiger partial charge in [0.15, 0.2) is 0 Å². The summed E-state index contributed by atoms with van der Waals surface area (Å²) >= 11 is 0. The molecule has 0 aliphatic rings. The third-order valence-electron chi connectivity index (χ3n) is 10.1. The van der Waals surface area contributed by atoms with Crippen LogP contribution >= 0.6 is 0 Å². The summed E-state index contributed by atoms with van der Waals surface area (Å²) in [5.41, 5.74) is 15.5. The van der Waals surface area contributed by atoms with Crippen LogP contribution in [0.4, 0.5) is 17.1 Å². The van der Waals surface area contributed by atoms with Gasteiger partial charge in [0.2, 0.25) is 0 Å². The maximum absolute atomic E-state index is 2.33. The van der Waals surface area contributed by atoms with Gasteiger partial charge in [0, 0.05) is 17.1 Å². The first-order chi connectivity index (χ1) is 26.3. The molecule has 9 rings (SSSR count). The average Bonchev–Trinajstić information content (AvgIpc) is 3.25. The van der Waals surface area contributed by atoms with Gasteiger partial charge in [-0.3, -0.25) is 0 Å². The predicted octanol–water partition coefficient (Wildman–Crippen LogP) is 14.6. The molecule has 0 N–H and O–H groups in total. The summed E-state index contributed by atoms with van der Waals surface area (Å²) in [5, 5.41) is 2.50. The molecule has 0 amide bonds. The maximum Gasteiger partial charge on any atom is 0.0462 e. The third kappa shape index (κ3) is 6.42. The second-order valence-electron chi connectivity index (χ2n) is 13.3. The van der Waals surface area contributed by atoms with Gasteiger partial charge in [-0.05, 0) is 109 Å². The number of fused-ring (bicyclic) bond motifs is 1. The highest BCUT2D eigenvalue weighted by Crippen LogP contribution is 2.41. The van der Waals surface area contributed by atoms with Crippen LogP contribution in [-0.2, 0) is 0 Å². The van der Waals surface area contributed by atoms with E-state index in [4.69, 9.17) is 0 Å². The minimum atomic E-state index is 1.11. The van der Waals surface area contributed by atoms with Gasteiger partial charge in [-0.2, -0.15) is 0 Å². The standard InChI is InChI=1S/C52H37N/c1-4-15-39(16-5-1)47-26-14-19-43-37-42(31-36-50(43)47)38-27-32-45(33-28-38)53(44-20-8-3-9-21-44)46-34-29-41(30-35-46)49-23-11-13-25-52(49)51-24-12-10-22-48(51)40-17-6-2-7-18-40/h1-37H. The van der Waals surface area contributed by atoms with E-state index >= 15 is 0 Å². The van der Waals surface area contributed by atoms with Gasteiger partial charge in [-0.25, -0.2) is 0 Å². The number of anilines is 3. The average molecular weight is 676 g/mol. The predicted molar refractivity (Wildman–Crippen MR) is 226 cm³/mol. The minimum absolute atomic E-state index is 1.11. The number of nitrogens with zero attached hydrogens (tertiary/aromatic N) is 1. The molecular weight excluding hydrogens is 639 g/mol. The van der Waals surface area contributed by atoms with Crippen LogP contribution in [-0.4, -0.2) is 0 Å². The Kier molecular flexibility index (Phi) is 8.66. The molecule has 0 radical (unpaired) electrons. The van der Waals surface area contributed by atoms with Crippen molar-refractivity contribution in [2.24, 2.45) is 0 Å². The lowest BCUT2D eigenvalue weighted by atomic mass is 9.89. The SMILES string of the molecule is c1ccc(-c2ccccc2-c2ccccc2-c2ccc(N(c3ccccc3)c3ccc(-c4ccc5c(-c6ccccc6)cccc5c4)cc3)cc2)cc1. The second kappa shape index (κ2) is 14.3. The van der Waals surface area contributed by atoms with Crippen molar-refractivity contribution in [2.45, 2.75) is 0 Å². The summed E-state index contributed by atoms with van der Waals surface area (Å²) in [7, 11) is 0. The molecule has 0 fully saturated rings. The Hall–Kier alpha value is -6.96. The van der Waals surface area contributed by atoms with E-state index in [9.17, 15) is 0 Å². The normalized spacial score (nSPS) is 11.0. The molecule has 0 spiro atoms. The fraction of sp³-hybridized carbons (Fsp3) is 0. The molecule has 0 saturated heterocycles. The zero-order valence-electron chi connectivity index (χ0n) is 29.3. The van der Waals surface area contributed by atoms with E-state index in [1.165, 1.54) is 66.4 Å². The van der Waals surface area contributed by atoms with Gasteiger partial charge in [0.05, 0.1) is 0 Å². The van der Waals surface area contributed by atoms with Crippen molar-refractivity contribution in [3.05, 3.63) is 224 Å². The van der Waals surface area contributed by atoms with Crippen LogP contribution in [0.15, 0.2) is 224 Å². The van der Waals surface area contributed by atoms with E-state index in [0.29, 0.717) is 0 Å². The largest absolute Gasteiger partial charge is 0.311 e. The zero-order chi connectivity index (χ0) is 35.4. The van der Waals surface area contributed by atoms with E-state index in [0.717, 1.165) is 17.1 Å². The first-order valence-corrected chi connectivity index (χ1v) is 18.2. The Morgan fingerprint density at radius 1 is 0.226 bits per heavy atom. The molecule has 0 bridgehead atoms. The van der Waals surface area contributed by atoms with Crippen LogP contribution in [0, 0.1) is 0 Å². The molecular formula is C52H37N. The molecule has 0 aromatic heterocycles. The monoisotopic (exact) mass is 675 g/mol. The highest BCUT2D eigenvalue weighted by molar-refractivity contribution is 5.99. The third-order valence-corrected chi connectivity index (χ3v) is 10.1. The first kappa shape index (κ1) is 32.0. The lowest BCUT2D eigenvalue weighted by Crippen LogP contribution is -2.09. The van der Waals surface area contributed by atoms with Gasteiger partial charge in [0.1, 0.15) is 0 Å². The van der Waals surface area contributed by atoms with Crippen molar-refractivity contribution in [3.8, 4) is 55.6 Å². The first-order valence-electron chi connectivity index (χ1n) is 18.2. The molecule has 53 heavy (non-hydrogen) atoms. The van der Waals surface area contributed by atoms with Crippen LogP contribution in [0.3, 0.4) is 0 Å². The molecule has 9 aromatic rings. The van der Waals surface area contributed by atoms with Crippen molar-refractivity contribution in [3.63, 3.8) is 0 Å². The Bertz CT molecular complexity index is 2630. The van der Waals surface area contributed by atoms with Crippen LogP contribution in [0.1, 0.15) is 0 Å². The van der Waals surface area contributed by atoms with Crippen molar-refractivity contribution >= 4 is 27.8 Å². The summed E-state index contributed by atoms with van der Waals surface area (Å²) < 4.78 is 0. The van der Waals surface area contributed by atoms with E-state index in [1.54, 1.807) is 0 Å². The highest BCUT2D eigenvalue weighted by atomic mass is 15.1. The molecule has 0 aliphatic carbocycles. The lowest BCUT2D eigenvalue weighted by Gasteiger charge is -2.26. The van der Waals surface area contributed by atoms with Crippen LogP contribution in [0.5, 0.6) is 0 Å². The Labute approximate surface area is 311 Å². The van der Waals surface area contributed by atoms with Crippen molar-refractivity contribution < 1.29 is 0 Å². The smallest absolute Gasteiger partial charge is 0.0462 e. The van der Waals surface area contributed by atoms with Gasteiger partial charge >= 0.3 is 0 Å². The fourth-order valence-corrected chi connectivity index (χ4v) is 7.51. The second-order valence-corrected chi connectivity index (χ2v) is 13.3. The summed E-state index contributed by atoms with van der Waals surface area (Å²) in [6.45, 7) is 0. The van der Waals surface area contributed by atoms with Crippen molar-refractivity contribution in [2.75, 3.05) is 4.90 Å². The summed E-state index contributed by atoms with van der Waals surface area (Å²) in [5.74, 6) is 0. The quantitative estimate of drug-likeness (QED) is 0.155. The highest BCUT2D eigenvalue weighted by Gasteiger charge is 2.16. The van der Waals surface area contributed by atoms with Crippen LogP contribution < -0.4 is 4.90 Å². The van der Waals surface area contributed by atoms with Gasteiger partial charge in [-0.15, -0.1) is 0 Å². The summed E-state index contributed by atoms with van der Waals surface area (Å²) in [6, 6.07) is 80.6. The van der Waals surface area contributed by atoms with E-state index < -0.39 is 0 Å². The topological polar surface area (TPSA) is 3.24 Å². The number of para-hydroxylation sites is 1. The Balaban J connectivity index is 1.05. The van der Waals surface area contributed by atoms with E-state index in [1.807, 2.05) is 0 Å².